The van der Waals surface area contributed by atoms with E-state index in [0.717, 1.165) is 0 Å². The summed E-state index contributed by atoms with van der Waals surface area (Å²) in [5.74, 6) is 0. The molecule has 2 aliphatic carbocycles. The molecular weight excluding hydrogens is 619 g/mol. The van der Waals surface area contributed by atoms with Crippen molar-refractivity contribution in [2.45, 2.75) is 15.2 Å². The quantitative estimate of drug-likeness (QED) is 0.184. The van der Waals surface area contributed by atoms with Crippen LogP contribution < -0.4 is 4.90 Å². The Morgan fingerprint density at radius 3 is 1.75 bits per heavy atom. The maximum atomic E-state index is 2.49. The predicted molar refractivity (Wildman–Crippen MR) is 202 cm³/mol. The summed E-state index contributed by atoms with van der Waals surface area (Å²) >= 11 is 3.79. The summed E-state index contributed by atoms with van der Waals surface area (Å²) in [7, 11) is 0. The number of para-hydroxylation sites is 2. The first-order valence-corrected chi connectivity index (χ1v) is 18.1. The van der Waals surface area contributed by atoms with Crippen molar-refractivity contribution in [1.29, 1.82) is 0 Å². The minimum atomic E-state index is -0.355. The lowest BCUT2D eigenvalue weighted by Gasteiger charge is -2.33. The van der Waals surface area contributed by atoms with E-state index >= 15 is 0 Å². The van der Waals surface area contributed by atoms with Crippen molar-refractivity contribution in [2.75, 3.05) is 4.90 Å². The summed E-state index contributed by atoms with van der Waals surface area (Å²) in [5.41, 5.74) is 15.4. The van der Waals surface area contributed by atoms with Crippen molar-refractivity contribution in [2.24, 2.45) is 0 Å². The molecule has 3 aliphatic rings. The second kappa shape index (κ2) is 9.84. The average Bonchev–Trinajstić information content (AvgIpc) is 3.77. The number of benzene rings is 7. The maximum Gasteiger partial charge on any atom is 0.0740 e. The van der Waals surface area contributed by atoms with Gasteiger partial charge in [-0.1, -0.05) is 127 Å². The smallest absolute Gasteiger partial charge is 0.0740 e. The van der Waals surface area contributed by atoms with Crippen LogP contribution in [-0.2, 0) is 5.41 Å². The summed E-state index contributed by atoms with van der Waals surface area (Å²) in [6.07, 6.45) is 0. The van der Waals surface area contributed by atoms with Crippen molar-refractivity contribution >= 4 is 50.2 Å². The highest BCUT2D eigenvalue weighted by molar-refractivity contribution is 7.99. The van der Waals surface area contributed by atoms with Crippen LogP contribution in [0.1, 0.15) is 22.3 Å². The highest BCUT2D eigenvalue weighted by Crippen LogP contribution is 2.66. The van der Waals surface area contributed by atoms with E-state index < -0.39 is 0 Å². The number of rotatable bonds is 2. The molecule has 1 aromatic heterocycles. The Kier molecular flexibility index (Phi) is 5.47. The molecule has 0 amide bonds. The van der Waals surface area contributed by atoms with Gasteiger partial charge in [0.2, 0.25) is 0 Å². The Morgan fingerprint density at radius 2 is 1.04 bits per heavy atom. The zero-order valence-electron chi connectivity index (χ0n) is 25.9. The number of thiophene rings is 1. The second-order valence-corrected chi connectivity index (χ2v) is 15.0. The van der Waals surface area contributed by atoms with Crippen LogP contribution in [0.15, 0.2) is 174 Å². The van der Waals surface area contributed by atoms with Gasteiger partial charge in [-0.2, -0.15) is 0 Å². The first-order chi connectivity index (χ1) is 23.8. The Morgan fingerprint density at radius 1 is 0.458 bits per heavy atom. The fraction of sp³-hybridized carbons (Fsp3) is 0.0222. The Hall–Kier alpha value is -5.35. The van der Waals surface area contributed by atoms with Crippen molar-refractivity contribution in [3.05, 3.63) is 186 Å². The van der Waals surface area contributed by atoms with Gasteiger partial charge in [-0.05, 0) is 104 Å². The Labute approximate surface area is 287 Å². The molecule has 1 aliphatic heterocycles. The molecule has 0 bridgehead atoms. The lowest BCUT2D eigenvalue weighted by molar-refractivity contribution is 0.803. The van der Waals surface area contributed by atoms with E-state index in [-0.39, 0.29) is 5.41 Å². The minimum absolute atomic E-state index is 0.355. The second-order valence-electron chi connectivity index (χ2n) is 12.8. The fourth-order valence-corrected chi connectivity index (χ4v) is 10.9. The van der Waals surface area contributed by atoms with E-state index in [9.17, 15) is 0 Å². The number of nitrogens with zero attached hydrogens (tertiary/aromatic N) is 1. The zero-order chi connectivity index (χ0) is 31.4. The summed E-state index contributed by atoms with van der Waals surface area (Å²) < 4.78 is 1.35. The van der Waals surface area contributed by atoms with Crippen LogP contribution in [0, 0.1) is 0 Å². The van der Waals surface area contributed by atoms with Gasteiger partial charge in [-0.25, -0.2) is 0 Å². The van der Waals surface area contributed by atoms with Gasteiger partial charge in [0.1, 0.15) is 0 Å². The van der Waals surface area contributed by atoms with E-state index in [0.29, 0.717) is 0 Å². The van der Waals surface area contributed by atoms with Crippen LogP contribution in [0.4, 0.5) is 17.1 Å². The average molecular weight is 646 g/mol. The van der Waals surface area contributed by atoms with Gasteiger partial charge in [-0.15, -0.1) is 11.3 Å². The molecule has 224 valence electrons. The van der Waals surface area contributed by atoms with Gasteiger partial charge < -0.3 is 4.90 Å². The number of hydrogen-bond donors (Lipinski definition) is 0. The summed E-state index contributed by atoms with van der Waals surface area (Å²) in [5, 5.41) is 1.37. The Bertz CT molecular complexity index is 2520. The van der Waals surface area contributed by atoms with Gasteiger partial charge in [0.15, 0.2) is 0 Å². The maximum absolute atomic E-state index is 2.49. The molecule has 2 heterocycles. The molecule has 8 aromatic rings. The van der Waals surface area contributed by atoms with Gasteiger partial charge >= 0.3 is 0 Å². The van der Waals surface area contributed by atoms with Gasteiger partial charge in [0, 0.05) is 25.1 Å². The lowest BCUT2D eigenvalue weighted by atomic mass is 9.70. The van der Waals surface area contributed by atoms with E-state index in [2.05, 4.69) is 169 Å². The first-order valence-electron chi connectivity index (χ1n) is 16.4. The number of hydrogen-bond acceptors (Lipinski definition) is 3. The van der Waals surface area contributed by atoms with Crippen LogP contribution in [0.3, 0.4) is 0 Å². The molecule has 0 unspecified atom stereocenters. The summed E-state index contributed by atoms with van der Waals surface area (Å²) in [6, 6.07) is 61.0. The fourth-order valence-electron chi connectivity index (χ4n) is 8.55. The van der Waals surface area contributed by atoms with Crippen molar-refractivity contribution in [1.82, 2.24) is 0 Å². The topological polar surface area (TPSA) is 3.24 Å². The molecule has 0 fully saturated rings. The van der Waals surface area contributed by atoms with Crippen molar-refractivity contribution in [3.63, 3.8) is 0 Å². The minimum Gasteiger partial charge on any atom is -0.308 e. The van der Waals surface area contributed by atoms with E-state index in [1.54, 1.807) is 0 Å². The molecule has 0 N–H and O–H groups in total. The van der Waals surface area contributed by atoms with Crippen LogP contribution in [0.2, 0.25) is 0 Å². The molecule has 7 aromatic carbocycles. The third-order valence-corrected chi connectivity index (χ3v) is 12.8. The molecule has 0 saturated heterocycles. The van der Waals surface area contributed by atoms with Crippen molar-refractivity contribution in [3.8, 4) is 32.7 Å². The van der Waals surface area contributed by atoms with E-state index in [4.69, 9.17) is 0 Å². The Balaban J connectivity index is 1.10. The van der Waals surface area contributed by atoms with E-state index in [1.165, 1.54) is 91.9 Å². The third-order valence-electron chi connectivity index (χ3n) is 10.5. The molecule has 3 heteroatoms. The van der Waals surface area contributed by atoms with Gasteiger partial charge in [0.05, 0.1) is 16.8 Å². The molecular formula is C45H27NS2. The highest BCUT2D eigenvalue weighted by atomic mass is 32.2. The number of fused-ring (bicyclic) bond motifs is 14. The summed E-state index contributed by atoms with van der Waals surface area (Å²) in [4.78, 5) is 6.36. The van der Waals surface area contributed by atoms with Crippen LogP contribution in [0.25, 0.3) is 42.8 Å². The monoisotopic (exact) mass is 645 g/mol. The molecule has 0 saturated carbocycles. The standard InChI is InChI=1S/C45H27NS2/c1-4-14-35-31(11-1)32-12-2-5-15-36(32)45(35)37-27-29(23-26-33(37)44-43(45)34-13-3-8-18-40(34)48-44)28-21-24-30(25-22-28)46-38-16-6-9-19-41(38)47-42-20-10-7-17-39(42)46/h1-27H. The molecule has 0 radical (unpaired) electrons. The van der Waals surface area contributed by atoms with Crippen molar-refractivity contribution < 1.29 is 0 Å². The predicted octanol–water partition coefficient (Wildman–Crippen LogP) is 12.8. The highest BCUT2D eigenvalue weighted by Gasteiger charge is 2.53. The molecule has 48 heavy (non-hydrogen) atoms. The van der Waals surface area contributed by atoms with Gasteiger partial charge in [-0.3, -0.25) is 0 Å². The number of anilines is 3. The zero-order valence-corrected chi connectivity index (χ0v) is 27.5. The normalized spacial score (nSPS) is 14.3. The van der Waals surface area contributed by atoms with Crippen LogP contribution in [-0.4, -0.2) is 0 Å². The van der Waals surface area contributed by atoms with Crippen LogP contribution >= 0.6 is 23.1 Å². The molecule has 11 rings (SSSR count). The van der Waals surface area contributed by atoms with E-state index in [1.807, 2.05) is 23.1 Å². The largest absolute Gasteiger partial charge is 0.308 e. The summed E-state index contributed by atoms with van der Waals surface area (Å²) in [6.45, 7) is 0. The van der Waals surface area contributed by atoms with Gasteiger partial charge in [0.25, 0.3) is 0 Å². The SMILES string of the molecule is c1ccc2c(c1)Sc1ccccc1N2c1ccc(-c2ccc3c(c2)C2(c4ccccc4-c4ccccc42)c2c-3sc3ccccc23)cc1. The molecule has 1 nitrogen and oxygen atoms in total. The molecule has 1 spiro atoms. The van der Waals surface area contributed by atoms with Crippen LogP contribution in [0.5, 0.6) is 0 Å². The lowest BCUT2D eigenvalue weighted by Crippen LogP contribution is -2.25. The molecule has 0 atom stereocenters. The first kappa shape index (κ1) is 26.7. The third kappa shape index (κ3) is 3.42.